The molecule has 0 radical (unpaired) electrons. The van der Waals surface area contributed by atoms with Gasteiger partial charge in [-0.3, -0.25) is 0 Å². The van der Waals surface area contributed by atoms with Gasteiger partial charge in [0.2, 0.25) is 10.0 Å². The molecular weight excluding hydrogens is 290 g/mol. The van der Waals surface area contributed by atoms with Crippen molar-refractivity contribution in [3.05, 3.63) is 53.0 Å². The van der Waals surface area contributed by atoms with E-state index in [0.29, 0.717) is 17.5 Å². The summed E-state index contributed by atoms with van der Waals surface area (Å²) in [6.07, 6.45) is 2.05. The van der Waals surface area contributed by atoms with E-state index in [2.05, 4.69) is 4.72 Å². The van der Waals surface area contributed by atoms with Crippen molar-refractivity contribution in [1.29, 1.82) is 0 Å². The number of hydrogen-bond acceptors (Lipinski definition) is 4. The van der Waals surface area contributed by atoms with Crippen LogP contribution in [-0.4, -0.2) is 20.1 Å². The minimum Gasteiger partial charge on any atom is -0.469 e. The highest BCUT2D eigenvalue weighted by molar-refractivity contribution is 7.89. The molecule has 2 rings (SSSR count). The third-order valence-corrected chi connectivity index (χ3v) is 4.98. The van der Waals surface area contributed by atoms with Gasteiger partial charge in [-0.2, -0.15) is 0 Å². The standard InChI is InChI=1S/C15H19NO4S/c1-11-8-13(10-17)9-15(12(11)2)21(18,19)16-6-5-14-4-3-7-20-14/h3-4,7-9,16-17H,5-6,10H2,1-2H3. The van der Waals surface area contributed by atoms with E-state index in [-0.39, 0.29) is 18.0 Å². The maximum atomic E-state index is 12.4. The summed E-state index contributed by atoms with van der Waals surface area (Å²) in [6.45, 7) is 3.67. The number of aryl methyl sites for hydroxylation is 1. The van der Waals surface area contributed by atoms with Gasteiger partial charge in [-0.25, -0.2) is 13.1 Å². The van der Waals surface area contributed by atoms with E-state index in [1.54, 1.807) is 31.4 Å². The molecule has 1 heterocycles. The fourth-order valence-electron chi connectivity index (χ4n) is 2.11. The summed E-state index contributed by atoms with van der Waals surface area (Å²) in [4.78, 5) is 0.214. The Morgan fingerprint density at radius 1 is 1.29 bits per heavy atom. The van der Waals surface area contributed by atoms with Crippen LogP contribution in [0.3, 0.4) is 0 Å². The van der Waals surface area contributed by atoms with Crippen LogP contribution >= 0.6 is 0 Å². The van der Waals surface area contributed by atoms with E-state index in [4.69, 9.17) is 4.42 Å². The molecular formula is C15H19NO4S. The first-order valence-electron chi connectivity index (χ1n) is 6.67. The quantitative estimate of drug-likeness (QED) is 0.854. The summed E-state index contributed by atoms with van der Waals surface area (Å²) in [7, 11) is -3.60. The zero-order chi connectivity index (χ0) is 15.5. The van der Waals surface area contributed by atoms with Gasteiger partial charge in [0.15, 0.2) is 0 Å². The van der Waals surface area contributed by atoms with Crippen molar-refractivity contribution in [3.63, 3.8) is 0 Å². The summed E-state index contributed by atoms with van der Waals surface area (Å²) in [6, 6.07) is 6.87. The van der Waals surface area contributed by atoms with E-state index in [1.165, 1.54) is 6.07 Å². The van der Waals surface area contributed by atoms with Gasteiger partial charge in [0.1, 0.15) is 5.76 Å². The zero-order valence-electron chi connectivity index (χ0n) is 12.1. The lowest BCUT2D eigenvalue weighted by Crippen LogP contribution is -2.27. The highest BCUT2D eigenvalue weighted by atomic mass is 32.2. The van der Waals surface area contributed by atoms with Crippen molar-refractivity contribution in [3.8, 4) is 0 Å². The molecule has 0 aliphatic rings. The molecule has 0 bridgehead atoms. The maximum Gasteiger partial charge on any atom is 0.240 e. The molecule has 0 amide bonds. The largest absolute Gasteiger partial charge is 0.469 e. The highest BCUT2D eigenvalue weighted by Gasteiger charge is 2.18. The lowest BCUT2D eigenvalue weighted by Gasteiger charge is -2.12. The van der Waals surface area contributed by atoms with Crippen LogP contribution in [0.15, 0.2) is 39.8 Å². The van der Waals surface area contributed by atoms with Crippen molar-refractivity contribution in [1.82, 2.24) is 4.72 Å². The number of rotatable bonds is 6. The molecule has 0 aliphatic heterocycles. The molecule has 0 saturated heterocycles. The number of aliphatic hydroxyl groups is 1. The third-order valence-electron chi connectivity index (χ3n) is 3.40. The van der Waals surface area contributed by atoms with Crippen molar-refractivity contribution in [2.24, 2.45) is 0 Å². The fraction of sp³-hybridized carbons (Fsp3) is 0.333. The van der Waals surface area contributed by atoms with Crippen molar-refractivity contribution in [2.75, 3.05) is 6.54 Å². The molecule has 6 heteroatoms. The van der Waals surface area contributed by atoms with Gasteiger partial charge in [-0.05, 0) is 48.7 Å². The first kappa shape index (κ1) is 15.8. The van der Waals surface area contributed by atoms with Crippen molar-refractivity contribution < 1.29 is 17.9 Å². The molecule has 2 N–H and O–H groups in total. The minimum absolute atomic E-state index is 0.184. The van der Waals surface area contributed by atoms with Gasteiger partial charge in [-0.1, -0.05) is 6.07 Å². The van der Waals surface area contributed by atoms with E-state index in [9.17, 15) is 13.5 Å². The van der Waals surface area contributed by atoms with E-state index >= 15 is 0 Å². The summed E-state index contributed by atoms with van der Waals surface area (Å²) >= 11 is 0. The molecule has 1 aromatic heterocycles. The topological polar surface area (TPSA) is 79.5 Å². The predicted molar refractivity (Wildman–Crippen MR) is 79.4 cm³/mol. The highest BCUT2D eigenvalue weighted by Crippen LogP contribution is 2.21. The SMILES string of the molecule is Cc1cc(CO)cc(S(=O)(=O)NCCc2ccco2)c1C. The molecule has 0 aliphatic carbocycles. The summed E-state index contributed by atoms with van der Waals surface area (Å²) in [5.41, 5.74) is 2.12. The van der Waals surface area contributed by atoms with Gasteiger partial charge in [0.25, 0.3) is 0 Å². The Hall–Kier alpha value is -1.63. The first-order chi connectivity index (χ1) is 9.94. The normalized spacial score (nSPS) is 11.8. The van der Waals surface area contributed by atoms with Crippen LogP contribution in [0.5, 0.6) is 0 Å². The number of benzene rings is 1. The Morgan fingerprint density at radius 2 is 2.05 bits per heavy atom. The average molecular weight is 309 g/mol. The zero-order valence-corrected chi connectivity index (χ0v) is 12.9. The molecule has 114 valence electrons. The molecule has 0 atom stereocenters. The van der Waals surface area contributed by atoms with Gasteiger partial charge in [-0.15, -0.1) is 0 Å². The monoisotopic (exact) mass is 309 g/mol. The van der Waals surface area contributed by atoms with Gasteiger partial charge >= 0.3 is 0 Å². The second-order valence-corrected chi connectivity index (χ2v) is 6.66. The Bertz CT molecular complexity index is 706. The Kier molecular flexibility index (Phi) is 4.82. The predicted octanol–water partition coefficient (Wildman–Crippen LogP) is 1.91. The molecule has 5 nitrogen and oxygen atoms in total. The smallest absolute Gasteiger partial charge is 0.240 e. The lowest BCUT2D eigenvalue weighted by molar-refractivity contribution is 0.281. The van der Waals surface area contributed by atoms with Crippen LogP contribution in [0, 0.1) is 13.8 Å². The number of sulfonamides is 1. The van der Waals surface area contributed by atoms with Crippen LogP contribution in [0.2, 0.25) is 0 Å². The Labute approximate surface area is 124 Å². The van der Waals surface area contributed by atoms with Crippen molar-refractivity contribution in [2.45, 2.75) is 31.8 Å². The maximum absolute atomic E-state index is 12.4. The molecule has 2 aromatic rings. The summed E-state index contributed by atoms with van der Waals surface area (Å²) in [5.74, 6) is 0.731. The summed E-state index contributed by atoms with van der Waals surface area (Å²) in [5, 5.41) is 9.22. The van der Waals surface area contributed by atoms with Crippen LogP contribution in [0.1, 0.15) is 22.5 Å². The van der Waals surface area contributed by atoms with Crippen LogP contribution in [0.4, 0.5) is 0 Å². The fourth-order valence-corrected chi connectivity index (χ4v) is 3.51. The second kappa shape index (κ2) is 6.43. The van der Waals surface area contributed by atoms with Gasteiger partial charge < -0.3 is 9.52 Å². The van der Waals surface area contributed by atoms with Crippen LogP contribution in [-0.2, 0) is 23.1 Å². The second-order valence-electron chi connectivity index (χ2n) is 4.92. The Morgan fingerprint density at radius 3 is 2.67 bits per heavy atom. The minimum atomic E-state index is -3.60. The van der Waals surface area contributed by atoms with Crippen LogP contribution < -0.4 is 4.72 Å². The van der Waals surface area contributed by atoms with E-state index < -0.39 is 10.0 Å². The lowest BCUT2D eigenvalue weighted by atomic mass is 10.1. The molecule has 21 heavy (non-hydrogen) atoms. The average Bonchev–Trinajstić information content (AvgIpc) is 2.94. The van der Waals surface area contributed by atoms with Gasteiger partial charge in [0, 0.05) is 13.0 Å². The third kappa shape index (κ3) is 3.72. The first-order valence-corrected chi connectivity index (χ1v) is 8.15. The molecule has 1 aromatic carbocycles. The number of aliphatic hydroxyl groups excluding tert-OH is 1. The van der Waals surface area contributed by atoms with Crippen molar-refractivity contribution >= 4 is 10.0 Å². The molecule has 0 spiro atoms. The number of hydrogen-bond donors (Lipinski definition) is 2. The van der Waals surface area contributed by atoms with Gasteiger partial charge in [0.05, 0.1) is 17.8 Å². The van der Waals surface area contributed by atoms with E-state index in [1.807, 2.05) is 6.92 Å². The van der Waals surface area contributed by atoms with E-state index in [0.717, 1.165) is 11.3 Å². The molecule has 0 saturated carbocycles. The number of furan rings is 1. The summed E-state index contributed by atoms with van der Waals surface area (Å²) < 4.78 is 32.5. The molecule has 0 unspecified atom stereocenters. The number of nitrogens with one attached hydrogen (secondary N) is 1. The van der Waals surface area contributed by atoms with Crippen LogP contribution in [0.25, 0.3) is 0 Å². The Balaban J connectivity index is 2.17. The molecule has 0 fully saturated rings.